The number of hydrogen-bond acceptors (Lipinski definition) is 5. The van der Waals surface area contributed by atoms with E-state index in [1.165, 1.54) is 12.0 Å². The molecule has 3 rings (SSSR count). The lowest BCUT2D eigenvalue weighted by atomic mass is 10.0. The Bertz CT molecular complexity index is 785. The molecule has 7 heteroatoms. The van der Waals surface area contributed by atoms with E-state index in [2.05, 4.69) is 18.8 Å². The Labute approximate surface area is 152 Å². The number of rotatable bonds is 5. The Balaban J connectivity index is 1.80. The Hall–Kier alpha value is -2.83. The van der Waals surface area contributed by atoms with Crippen molar-refractivity contribution in [2.24, 2.45) is 0 Å². The van der Waals surface area contributed by atoms with Crippen LogP contribution in [0.4, 0.5) is 0 Å². The fourth-order valence-corrected chi connectivity index (χ4v) is 3.13. The van der Waals surface area contributed by atoms with Gasteiger partial charge < -0.3 is 18.9 Å². The van der Waals surface area contributed by atoms with Crippen LogP contribution in [-0.2, 0) is 27.3 Å². The number of hydrogen-bond donors (Lipinski definition) is 0. The molecule has 0 unspecified atom stereocenters. The SMILES string of the molecule is COC(=O)[C@@H]1Cc2ncn(C(C)C)c2CN1C(=O)COc1ccccc1. The van der Waals surface area contributed by atoms with Gasteiger partial charge in [0.1, 0.15) is 11.8 Å². The smallest absolute Gasteiger partial charge is 0.329 e. The number of carbonyl (C=O) groups excluding carboxylic acids is 2. The molecule has 0 spiro atoms. The van der Waals surface area contributed by atoms with Gasteiger partial charge in [0.05, 0.1) is 31.4 Å². The van der Waals surface area contributed by atoms with Crippen LogP contribution in [0.5, 0.6) is 5.75 Å². The molecule has 1 aromatic carbocycles. The number of methoxy groups -OCH3 is 1. The van der Waals surface area contributed by atoms with Crippen LogP contribution in [0.25, 0.3) is 0 Å². The maximum absolute atomic E-state index is 12.8. The highest BCUT2D eigenvalue weighted by Gasteiger charge is 2.37. The maximum atomic E-state index is 12.8. The van der Waals surface area contributed by atoms with Crippen molar-refractivity contribution >= 4 is 11.9 Å². The van der Waals surface area contributed by atoms with Crippen LogP contribution < -0.4 is 4.74 Å². The number of nitrogens with zero attached hydrogens (tertiary/aromatic N) is 3. The first kappa shape index (κ1) is 18.0. The quantitative estimate of drug-likeness (QED) is 0.765. The minimum absolute atomic E-state index is 0.136. The third-order valence-corrected chi connectivity index (χ3v) is 4.52. The molecule has 1 aliphatic heterocycles. The lowest BCUT2D eigenvalue weighted by Gasteiger charge is -2.34. The molecule has 26 heavy (non-hydrogen) atoms. The molecule has 1 amide bonds. The first-order valence-corrected chi connectivity index (χ1v) is 8.61. The molecule has 0 bridgehead atoms. The van der Waals surface area contributed by atoms with E-state index in [-0.39, 0.29) is 18.6 Å². The van der Waals surface area contributed by atoms with Crippen LogP contribution in [0.15, 0.2) is 36.7 Å². The highest BCUT2D eigenvalue weighted by atomic mass is 16.5. The molecular formula is C19H23N3O4. The lowest BCUT2D eigenvalue weighted by Crippen LogP contribution is -2.51. The average molecular weight is 357 g/mol. The molecule has 1 atom stereocenters. The molecule has 0 radical (unpaired) electrons. The van der Waals surface area contributed by atoms with Crippen LogP contribution in [0, 0.1) is 0 Å². The number of para-hydroxylation sites is 1. The number of imidazole rings is 1. The summed E-state index contributed by atoms with van der Waals surface area (Å²) in [5.41, 5.74) is 1.79. The second-order valence-electron chi connectivity index (χ2n) is 6.51. The predicted octanol–water partition coefficient (Wildman–Crippen LogP) is 1.97. The number of fused-ring (bicyclic) bond motifs is 1. The molecule has 0 aliphatic carbocycles. The van der Waals surface area contributed by atoms with E-state index in [0.29, 0.717) is 18.7 Å². The van der Waals surface area contributed by atoms with Crippen molar-refractivity contribution < 1.29 is 19.1 Å². The normalized spacial score (nSPS) is 16.3. The molecule has 1 aromatic heterocycles. The highest BCUT2D eigenvalue weighted by molar-refractivity contribution is 5.86. The van der Waals surface area contributed by atoms with Crippen molar-refractivity contribution in [1.82, 2.24) is 14.5 Å². The van der Waals surface area contributed by atoms with Gasteiger partial charge in [0.15, 0.2) is 6.61 Å². The van der Waals surface area contributed by atoms with Gasteiger partial charge in [-0.3, -0.25) is 4.79 Å². The zero-order valence-electron chi connectivity index (χ0n) is 15.2. The predicted molar refractivity (Wildman–Crippen MR) is 94.6 cm³/mol. The second kappa shape index (κ2) is 7.59. The number of ether oxygens (including phenoxy) is 2. The second-order valence-corrected chi connectivity index (χ2v) is 6.51. The minimum Gasteiger partial charge on any atom is -0.484 e. The fourth-order valence-electron chi connectivity index (χ4n) is 3.13. The highest BCUT2D eigenvalue weighted by Crippen LogP contribution is 2.26. The van der Waals surface area contributed by atoms with E-state index in [4.69, 9.17) is 9.47 Å². The zero-order valence-corrected chi connectivity index (χ0v) is 15.2. The lowest BCUT2D eigenvalue weighted by molar-refractivity contribution is -0.154. The van der Waals surface area contributed by atoms with Crippen molar-refractivity contribution in [1.29, 1.82) is 0 Å². The van der Waals surface area contributed by atoms with Crippen LogP contribution in [0.2, 0.25) is 0 Å². The summed E-state index contributed by atoms with van der Waals surface area (Å²) in [5, 5.41) is 0. The van der Waals surface area contributed by atoms with Gasteiger partial charge in [-0.05, 0) is 26.0 Å². The summed E-state index contributed by atoms with van der Waals surface area (Å²) in [4.78, 5) is 30.9. The van der Waals surface area contributed by atoms with Gasteiger partial charge >= 0.3 is 5.97 Å². The maximum Gasteiger partial charge on any atom is 0.329 e. The van der Waals surface area contributed by atoms with Crippen molar-refractivity contribution in [3.05, 3.63) is 48.0 Å². The van der Waals surface area contributed by atoms with Gasteiger partial charge in [-0.15, -0.1) is 0 Å². The van der Waals surface area contributed by atoms with Gasteiger partial charge in [-0.25, -0.2) is 9.78 Å². The molecule has 138 valence electrons. The van der Waals surface area contributed by atoms with E-state index in [0.717, 1.165) is 11.4 Å². The molecule has 2 heterocycles. The van der Waals surface area contributed by atoms with Crippen molar-refractivity contribution in [3.8, 4) is 5.75 Å². The third kappa shape index (κ3) is 3.56. The largest absolute Gasteiger partial charge is 0.484 e. The molecule has 0 saturated carbocycles. The van der Waals surface area contributed by atoms with Gasteiger partial charge in [0.2, 0.25) is 0 Å². The van der Waals surface area contributed by atoms with Crippen molar-refractivity contribution in [2.45, 2.75) is 38.9 Å². The number of benzene rings is 1. The van der Waals surface area contributed by atoms with Crippen LogP contribution in [0.3, 0.4) is 0 Å². The Morgan fingerprint density at radius 2 is 2.00 bits per heavy atom. The molecule has 0 fully saturated rings. The molecular weight excluding hydrogens is 334 g/mol. The molecule has 2 aromatic rings. The van der Waals surface area contributed by atoms with Crippen LogP contribution in [0.1, 0.15) is 31.3 Å². The summed E-state index contributed by atoms with van der Waals surface area (Å²) in [6.45, 7) is 4.28. The minimum atomic E-state index is -0.685. The zero-order chi connectivity index (χ0) is 18.7. The summed E-state index contributed by atoms with van der Waals surface area (Å²) >= 11 is 0. The summed E-state index contributed by atoms with van der Waals surface area (Å²) in [6.07, 6.45) is 2.11. The molecule has 7 nitrogen and oxygen atoms in total. The number of aromatic nitrogens is 2. The van der Waals surface area contributed by atoms with Crippen molar-refractivity contribution in [2.75, 3.05) is 13.7 Å². The van der Waals surface area contributed by atoms with Crippen LogP contribution in [-0.4, -0.2) is 46.1 Å². The number of esters is 1. The fraction of sp³-hybridized carbons (Fsp3) is 0.421. The standard InChI is InChI=1S/C19H23N3O4/c1-13(2)22-12-20-15-9-16(19(24)25-3)21(10-17(15)22)18(23)11-26-14-7-5-4-6-8-14/h4-8,12-13,16H,9-11H2,1-3H3/t16-/m0/s1. The van der Waals surface area contributed by atoms with E-state index in [1.54, 1.807) is 18.5 Å². The summed E-state index contributed by atoms with van der Waals surface area (Å²) in [6, 6.07) is 8.66. The van der Waals surface area contributed by atoms with E-state index >= 15 is 0 Å². The Morgan fingerprint density at radius 3 is 2.65 bits per heavy atom. The number of carbonyl (C=O) groups is 2. The first-order valence-electron chi connectivity index (χ1n) is 8.61. The Kier molecular flexibility index (Phi) is 5.25. The molecule has 1 aliphatic rings. The van der Waals surface area contributed by atoms with Gasteiger partial charge in [0, 0.05) is 12.5 Å². The molecule has 0 saturated heterocycles. The van der Waals surface area contributed by atoms with E-state index in [9.17, 15) is 9.59 Å². The number of amides is 1. The van der Waals surface area contributed by atoms with Gasteiger partial charge in [0.25, 0.3) is 5.91 Å². The first-order chi connectivity index (χ1) is 12.5. The van der Waals surface area contributed by atoms with E-state index < -0.39 is 12.0 Å². The molecule has 0 N–H and O–H groups in total. The van der Waals surface area contributed by atoms with Crippen LogP contribution >= 0.6 is 0 Å². The Morgan fingerprint density at radius 1 is 1.27 bits per heavy atom. The monoisotopic (exact) mass is 357 g/mol. The summed E-state index contributed by atoms with van der Waals surface area (Å²) < 4.78 is 12.5. The average Bonchev–Trinajstić information content (AvgIpc) is 3.08. The third-order valence-electron chi connectivity index (χ3n) is 4.52. The van der Waals surface area contributed by atoms with Crippen molar-refractivity contribution in [3.63, 3.8) is 0 Å². The topological polar surface area (TPSA) is 73.7 Å². The van der Waals surface area contributed by atoms with Gasteiger partial charge in [-0.1, -0.05) is 18.2 Å². The van der Waals surface area contributed by atoms with E-state index in [1.807, 2.05) is 22.8 Å². The van der Waals surface area contributed by atoms with Gasteiger partial charge in [-0.2, -0.15) is 0 Å². The summed E-state index contributed by atoms with van der Waals surface area (Å²) in [5.74, 6) is -0.0883. The summed E-state index contributed by atoms with van der Waals surface area (Å²) in [7, 11) is 1.33.